The van der Waals surface area contributed by atoms with Gasteiger partial charge in [-0.25, -0.2) is 4.79 Å². The van der Waals surface area contributed by atoms with E-state index in [1.54, 1.807) is 11.1 Å². The molecule has 2 aliphatic rings. The number of likely N-dealkylation sites (tertiary alicyclic amines) is 1. The summed E-state index contributed by atoms with van der Waals surface area (Å²) in [6.07, 6.45) is 13.8. The number of rotatable bonds is 15. The van der Waals surface area contributed by atoms with Gasteiger partial charge in [-0.3, -0.25) is 0 Å². The van der Waals surface area contributed by atoms with E-state index in [1.807, 2.05) is 39.0 Å². The minimum absolute atomic E-state index is 0.0651. The third kappa shape index (κ3) is 11.0. The summed E-state index contributed by atoms with van der Waals surface area (Å²) in [6, 6.07) is 3.80. The van der Waals surface area contributed by atoms with Crippen LogP contribution in [0.5, 0.6) is 5.88 Å². The van der Waals surface area contributed by atoms with Crippen molar-refractivity contribution in [3.63, 3.8) is 0 Å². The molecule has 1 aliphatic heterocycles. The van der Waals surface area contributed by atoms with Gasteiger partial charge >= 0.3 is 200 Å². The molecule has 8 heteroatoms. The molecule has 1 aromatic rings. The van der Waals surface area contributed by atoms with Crippen LogP contribution in [-0.4, -0.2) is 71.4 Å². The van der Waals surface area contributed by atoms with Crippen LogP contribution in [0.3, 0.4) is 0 Å². The van der Waals surface area contributed by atoms with E-state index in [0.717, 1.165) is 83.1 Å². The molecule has 0 unspecified atom stereocenters. The van der Waals surface area contributed by atoms with Gasteiger partial charge in [0.15, 0.2) is 0 Å². The van der Waals surface area contributed by atoms with Crippen LogP contribution in [0.4, 0.5) is 9.18 Å². The minimum atomic E-state index is -3.07. The van der Waals surface area contributed by atoms with Crippen LogP contribution < -0.4 is 4.74 Å². The molecule has 0 spiro atoms. The fourth-order valence-corrected chi connectivity index (χ4v) is 20.2. The zero-order valence-corrected chi connectivity index (χ0v) is 29.4. The molecule has 3 rings (SSSR count). The summed E-state index contributed by atoms with van der Waals surface area (Å²) in [4.78, 5) is 18.5. The maximum absolute atomic E-state index is 16.1. The Balaban J connectivity index is 1.51. The third-order valence-electron chi connectivity index (χ3n) is 8.40. The first-order valence-electron chi connectivity index (χ1n) is 16.2. The van der Waals surface area contributed by atoms with Crippen molar-refractivity contribution >= 4 is 30.5 Å². The van der Waals surface area contributed by atoms with Gasteiger partial charge in [-0.05, 0) is 20.8 Å². The molecule has 1 saturated carbocycles. The molecule has 0 aromatic carbocycles. The molecule has 0 atom stereocenters. The molecular formula is C33H55FN2O4Sn. The van der Waals surface area contributed by atoms with E-state index in [1.165, 1.54) is 0 Å². The van der Waals surface area contributed by atoms with Gasteiger partial charge in [-0.2, -0.15) is 0 Å². The fourth-order valence-electron chi connectivity index (χ4n) is 5.83. The summed E-state index contributed by atoms with van der Waals surface area (Å²) >= 11 is -3.07. The first kappa shape index (κ1) is 34.1. The van der Waals surface area contributed by atoms with E-state index in [4.69, 9.17) is 14.2 Å². The summed E-state index contributed by atoms with van der Waals surface area (Å²) < 4.78 is 37.7. The Bertz CT molecular complexity index is 946. The van der Waals surface area contributed by atoms with Crippen LogP contribution in [0.15, 0.2) is 22.2 Å². The number of piperidine rings is 1. The van der Waals surface area contributed by atoms with E-state index < -0.39 is 24.0 Å². The van der Waals surface area contributed by atoms with E-state index in [-0.39, 0.29) is 28.2 Å². The predicted octanol–water partition coefficient (Wildman–Crippen LogP) is 9.11. The number of aromatic nitrogens is 1. The van der Waals surface area contributed by atoms with Crippen molar-refractivity contribution in [3.8, 4) is 5.88 Å². The summed E-state index contributed by atoms with van der Waals surface area (Å²) in [5, 5.41) is 0. The van der Waals surface area contributed by atoms with Crippen LogP contribution in [0, 0.1) is 0 Å². The number of ether oxygens (including phenoxy) is 3. The molecule has 41 heavy (non-hydrogen) atoms. The van der Waals surface area contributed by atoms with E-state index >= 15 is 4.39 Å². The van der Waals surface area contributed by atoms with Crippen molar-refractivity contribution in [1.82, 2.24) is 9.88 Å². The number of carbonyl (C=O) groups excluding carboxylic acids is 1. The molecule has 0 bridgehead atoms. The Kier molecular flexibility index (Phi) is 13.7. The molecule has 1 aliphatic carbocycles. The first-order chi connectivity index (χ1) is 19.6. The van der Waals surface area contributed by atoms with Crippen LogP contribution in [0.25, 0.3) is 6.08 Å². The van der Waals surface area contributed by atoms with Crippen LogP contribution in [0.2, 0.25) is 13.3 Å². The molecule has 1 amide bonds. The fraction of sp³-hybridized carbons (Fsp3) is 0.758. The third-order valence-corrected chi connectivity index (χ3v) is 22.9. The zero-order chi connectivity index (χ0) is 29.9. The number of hydrogen-bond donors (Lipinski definition) is 0. The normalized spacial score (nSPS) is 20.6. The van der Waals surface area contributed by atoms with Crippen molar-refractivity contribution in [2.45, 2.75) is 143 Å². The van der Waals surface area contributed by atoms with Gasteiger partial charge in [0.25, 0.3) is 0 Å². The van der Waals surface area contributed by atoms with Gasteiger partial charge in [-0.1, -0.05) is 0 Å². The van der Waals surface area contributed by atoms with Gasteiger partial charge in [0.05, 0.1) is 0 Å². The summed E-state index contributed by atoms with van der Waals surface area (Å²) in [5.74, 6) is 0.567. The number of amides is 1. The summed E-state index contributed by atoms with van der Waals surface area (Å²) in [7, 11) is 0. The second-order valence-electron chi connectivity index (χ2n) is 13.1. The van der Waals surface area contributed by atoms with Crippen molar-refractivity contribution < 1.29 is 23.4 Å². The number of pyridine rings is 1. The van der Waals surface area contributed by atoms with Gasteiger partial charge in [-0.15, -0.1) is 0 Å². The predicted molar refractivity (Wildman–Crippen MR) is 168 cm³/mol. The Morgan fingerprint density at radius 3 is 2.12 bits per heavy atom. The van der Waals surface area contributed by atoms with Crippen molar-refractivity contribution in [3.05, 3.63) is 27.7 Å². The molecular weight excluding hydrogens is 626 g/mol. The molecule has 1 saturated heterocycles. The number of unbranched alkanes of at least 4 members (excludes halogenated alkanes) is 3. The Morgan fingerprint density at radius 2 is 1.59 bits per heavy atom. The Morgan fingerprint density at radius 1 is 1.00 bits per heavy atom. The van der Waals surface area contributed by atoms with E-state index in [9.17, 15) is 4.79 Å². The molecule has 2 heterocycles. The second-order valence-corrected chi connectivity index (χ2v) is 26.1. The molecule has 232 valence electrons. The van der Waals surface area contributed by atoms with Crippen LogP contribution in [0.1, 0.15) is 111 Å². The van der Waals surface area contributed by atoms with Gasteiger partial charge in [0.1, 0.15) is 5.60 Å². The summed E-state index contributed by atoms with van der Waals surface area (Å²) in [6.45, 7) is 13.6. The van der Waals surface area contributed by atoms with Crippen molar-refractivity contribution in [2.75, 3.05) is 13.1 Å². The van der Waals surface area contributed by atoms with E-state index in [2.05, 4.69) is 25.8 Å². The van der Waals surface area contributed by atoms with Crippen LogP contribution >= 0.6 is 0 Å². The van der Waals surface area contributed by atoms with Crippen molar-refractivity contribution in [2.24, 2.45) is 0 Å². The van der Waals surface area contributed by atoms with E-state index in [0.29, 0.717) is 19.0 Å². The molecule has 0 radical (unpaired) electrons. The number of nitrogens with zero attached hydrogens (tertiary/aromatic N) is 2. The molecule has 2 fully saturated rings. The average molecular weight is 682 g/mol. The van der Waals surface area contributed by atoms with Gasteiger partial charge < -0.3 is 9.64 Å². The number of carbonyl (C=O) groups is 1. The van der Waals surface area contributed by atoms with Gasteiger partial charge in [0.2, 0.25) is 0 Å². The summed E-state index contributed by atoms with van der Waals surface area (Å²) in [5.41, 5.74) is 0.386. The standard InChI is InChI=1S/C21H28FN2O4.3C4H9.Sn/c1-21(2,3)28-20(25)24-10-6-16(7-11-24)26-17-13-18(14-17)27-19-12-15(4-8-22)5-9-23-19;3*1-3-4-2;/h4-5,9,12,16-18H,6-7,10-11,13-14H2,1-3H3;3*1,3-4H2,2H3;/t17-,18-;;;;. The van der Waals surface area contributed by atoms with Crippen molar-refractivity contribution in [1.29, 1.82) is 0 Å². The first-order valence-corrected chi connectivity index (χ1v) is 23.7. The zero-order valence-electron chi connectivity index (χ0n) is 26.6. The Hall–Kier alpha value is -1.35. The topological polar surface area (TPSA) is 60.9 Å². The van der Waals surface area contributed by atoms with Gasteiger partial charge in [0, 0.05) is 13.1 Å². The Labute approximate surface area is 252 Å². The maximum atomic E-state index is 16.1. The number of halogens is 1. The quantitative estimate of drug-likeness (QED) is 0.173. The van der Waals surface area contributed by atoms with Crippen LogP contribution in [-0.2, 0) is 9.47 Å². The molecule has 6 nitrogen and oxygen atoms in total. The SMILES string of the molecule is CCC[CH2][Sn]([CH2]CCC)([CH2]CCC)[C](F)=Cc1ccnc(O[C@H]2C[C@H](OC3CCN(C(=O)OC(C)(C)C)CC3)C2)c1. The average Bonchev–Trinajstić information content (AvgIpc) is 2.91. The molecule has 0 N–H and O–H groups in total. The molecule has 1 aromatic heterocycles. The number of hydrogen-bond acceptors (Lipinski definition) is 5. The monoisotopic (exact) mass is 682 g/mol. The second kappa shape index (κ2) is 16.5.